The fourth-order valence-electron chi connectivity index (χ4n) is 1.86. The molecular weight excluding hydrogens is 202 g/mol. The predicted molar refractivity (Wildman–Crippen MR) is 63.8 cm³/mol. The molecule has 1 aliphatic rings. The smallest absolute Gasteiger partial charge is 0.161 e. The van der Waals surface area contributed by atoms with E-state index >= 15 is 0 Å². The molecule has 0 aromatic heterocycles. The van der Waals surface area contributed by atoms with Crippen LogP contribution in [0.4, 0.5) is 0 Å². The summed E-state index contributed by atoms with van der Waals surface area (Å²) in [6.07, 6.45) is 1.02. The van der Waals surface area contributed by atoms with E-state index in [-0.39, 0.29) is 12.1 Å². The highest BCUT2D eigenvalue weighted by molar-refractivity contribution is 5.40. The first-order valence-corrected chi connectivity index (χ1v) is 5.86. The third-order valence-electron chi connectivity index (χ3n) is 3.26. The Morgan fingerprint density at radius 1 is 1.38 bits per heavy atom. The van der Waals surface area contributed by atoms with E-state index in [1.54, 1.807) is 0 Å². The van der Waals surface area contributed by atoms with Crippen molar-refractivity contribution in [1.29, 1.82) is 0 Å². The number of fused-ring (bicyclic) bond motifs is 1. The van der Waals surface area contributed by atoms with Gasteiger partial charge in [-0.25, -0.2) is 0 Å². The van der Waals surface area contributed by atoms with Crippen molar-refractivity contribution in [2.24, 2.45) is 11.7 Å². The van der Waals surface area contributed by atoms with Gasteiger partial charge in [0.1, 0.15) is 12.7 Å². The van der Waals surface area contributed by atoms with Crippen molar-refractivity contribution in [2.75, 3.05) is 6.61 Å². The molecule has 3 atom stereocenters. The molecule has 0 radical (unpaired) electrons. The summed E-state index contributed by atoms with van der Waals surface area (Å²) in [5, 5.41) is 0. The number of hydrogen-bond acceptors (Lipinski definition) is 3. The van der Waals surface area contributed by atoms with E-state index in [1.165, 1.54) is 0 Å². The molecule has 1 aliphatic heterocycles. The molecule has 0 aliphatic carbocycles. The molecule has 0 bridgehead atoms. The Labute approximate surface area is 96.5 Å². The van der Waals surface area contributed by atoms with Crippen molar-refractivity contribution in [3.05, 3.63) is 24.3 Å². The topological polar surface area (TPSA) is 44.5 Å². The van der Waals surface area contributed by atoms with Gasteiger partial charge >= 0.3 is 0 Å². The summed E-state index contributed by atoms with van der Waals surface area (Å²) in [5.74, 6) is 2.06. The number of rotatable bonds is 3. The molecule has 0 saturated carbocycles. The van der Waals surface area contributed by atoms with Crippen LogP contribution in [0.3, 0.4) is 0 Å². The molecule has 2 rings (SSSR count). The monoisotopic (exact) mass is 221 g/mol. The molecule has 16 heavy (non-hydrogen) atoms. The number of ether oxygens (including phenoxy) is 2. The summed E-state index contributed by atoms with van der Waals surface area (Å²) >= 11 is 0. The highest BCUT2D eigenvalue weighted by Gasteiger charge is 2.28. The highest BCUT2D eigenvalue weighted by Crippen LogP contribution is 2.32. The highest BCUT2D eigenvalue weighted by atomic mass is 16.6. The fourth-order valence-corrected chi connectivity index (χ4v) is 1.86. The minimum Gasteiger partial charge on any atom is -0.486 e. The molecule has 88 valence electrons. The van der Waals surface area contributed by atoms with E-state index in [0.29, 0.717) is 12.5 Å². The Morgan fingerprint density at radius 3 is 2.75 bits per heavy atom. The molecule has 0 fully saturated rings. The zero-order valence-electron chi connectivity index (χ0n) is 9.85. The van der Waals surface area contributed by atoms with Crippen LogP contribution < -0.4 is 15.2 Å². The molecule has 2 N–H and O–H groups in total. The second kappa shape index (κ2) is 4.74. The summed E-state index contributed by atoms with van der Waals surface area (Å²) in [6.45, 7) is 4.83. The van der Waals surface area contributed by atoms with E-state index < -0.39 is 0 Å². The third-order valence-corrected chi connectivity index (χ3v) is 3.26. The Bertz CT molecular complexity index is 354. The molecule has 0 amide bonds. The fraction of sp³-hybridized carbons (Fsp3) is 0.538. The first-order valence-electron chi connectivity index (χ1n) is 5.86. The SMILES string of the molecule is CCC(C)C(N)C1COc2ccccc2O1. The summed E-state index contributed by atoms with van der Waals surface area (Å²) in [7, 11) is 0. The van der Waals surface area contributed by atoms with Crippen molar-refractivity contribution in [3.63, 3.8) is 0 Å². The summed E-state index contributed by atoms with van der Waals surface area (Å²) in [4.78, 5) is 0. The lowest BCUT2D eigenvalue weighted by Crippen LogP contribution is -2.48. The van der Waals surface area contributed by atoms with Crippen LogP contribution in [0.1, 0.15) is 20.3 Å². The van der Waals surface area contributed by atoms with E-state index in [4.69, 9.17) is 15.2 Å². The van der Waals surface area contributed by atoms with Gasteiger partial charge in [-0.2, -0.15) is 0 Å². The van der Waals surface area contributed by atoms with Crippen LogP contribution in [0.15, 0.2) is 24.3 Å². The van der Waals surface area contributed by atoms with Crippen molar-refractivity contribution in [1.82, 2.24) is 0 Å². The van der Waals surface area contributed by atoms with Crippen LogP contribution in [0.5, 0.6) is 11.5 Å². The molecule has 0 saturated heterocycles. The Kier molecular flexibility index (Phi) is 3.34. The van der Waals surface area contributed by atoms with Crippen molar-refractivity contribution in [2.45, 2.75) is 32.4 Å². The average Bonchev–Trinajstić information content (AvgIpc) is 2.36. The zero-order valence-corrected chi connectivity index (χ0v) is 9.85. The first kappa shape index (κ1) is 11.3. The molecular formula is C13H19NO2. The van der Waals surface area contributed by atoms with Crippen molar-refractivity contribution < 1.29 is 9.47 Å². The van der Waals surface area contributed by atoms with E-state index in [2.05, 4.69) is 13.8 Å². The number of hydrogen-bond donors (Lipinski definition) is 1. The van der Waals surface area contributed by atoms with Crippen LogP contribution in [-0.4, -0.2) is 18.8 Å². The zero-order chi connectivity index (χ0) is 11.5. The Hall–Kier alpha value is -1.22. The van der Waals surface area contributed by atoms with E-state index in [0.717, 1.165) is 17.9 Å². The molecule has 1 aromatic rings. The van der Waals surface area contributed by atoms with Gasteiger partial charge in [-0.3, -0.25) is 0 Å². The van der Waals surface area contributed by atoms with Gasteiger partial charge in [0.05, 0.1) is 0 Å². The largest absolute Gasteiger partial charge is 0.486 e. The number of nitrogens with two attached hydrogens (primary N) is 1. The third kappa shape index (κ3) is 2.14. The van der Waals surface area contributed by atoms with Gasteiger partial charge in [-0.1, -0.05) is 32.4 Å². The van der Waals surface area contributed by atoms with Gasteiger partial charge in [0.25, 0.3) is 0 Å². The van der Waals surface area contributed by atoms with Crippen molar-refractivity contribution in [3.8, 4) is 11.5 Å². The van der Waals surface area contributed by atoms with Gasteiger partial charge < -0.3 is 15.2 Å². The van der Waals surface area contributed by atoms with Crippen molar-refractivity contribution >= 4 is 0 Å². The lowest BCUT2D eigenvalue weighted by Gasteiger charge is -2.32. The number of para-hydroxylation sites is 2. The van der Waals surface area contributed by atoms with Gasteiger partial charge in [0, 0.05) is 6.04 Å². The second-order valence-electron chi connectivity index (χ2n) is 4.38. The molecule has 3 unspecified atom stereocenters. The van der Waals surface area contributed by atoms with Crippen LogP contribution >= 0.6 is 0 Å². The van der Waals surface area contributed by atoms with Crippen LogP contribution in [-0.2, 0) is 0 Å². The van der Waals surface area contributed by atoms with Crippen LogP contribution in [0, 0.1) is 5.92 Å². The molecule has 0 spiro atoms. The van der Waals surface area contributed by atoms with Crippen LogP contribution in [0.2, 0.25) is 0 Å². The average molecular weight is 221 g/mol. The predicted octanol–water partition coefficient (Wildman–Crippen LogP) is 2.20. The van der Waals surface area contributed by atoms with Gasteiger partial charge in [-0.05, 0) is 18.1 Å². The van der Waals surface area contributed by atoms with Crippen LogP contribution in [0.25, 0.3) is 0 Å². The first-order chi connectivity index (χ1) is 7.72. The van der Waals surface area contributed by atoms with Gasteiger partial charge in [-0.15, -0.1) is 0 Å². The minimum atomic E-state index is -0.0372. The molecule has 3 nitrogen and oxygen atoms in total. The maximum atomic E-state index is 6.15. The lowest BCUT2D eigenvalue weighted by molar-refractivity contribution is 0.0579. The number of benzene rings is 1. The van der Waals surface area contributed by atoms with Gasteiger partial charge in [0.15, 0.2) is 11.5 Å². The quantitative estimate of drug-likeness (QED) is 0.851. The summed E-state index contributed by atoms with van der Waals surface area (Å²) < 4.78 is 11.5. The molecule has 1 aromatic carbocycles. The maximum absolute atomic E-state index is 6.15. The van der Waals surface area contributed by atoms with E-state index in [1.807, 2.05) is 24.3 Å². The lowest BCUT2D eigenvalue weighted by atomic mass is 9.95. The minimum absolute atomic E-state index is 0.0263. The standard InChI is InChI=1S/C13H19NO2/c1-3-9(2)13(14)12-8-15-10-6-4-5-7-11(10)16-12/h4-7,9,12-13H,3,8,14H2,1-2H3. The second-order valence-corrected chi connectivity index (χ2v) is 4.38. The van der Waals surface area contributed by atoms with E-state index in [9.17, 15) is 0 Å². The Morgan fingerprint density at radius 2 is 2.06 bits per heavy atom. The maximum Gasteiger partial charge on any atom is 0.161 e. The van der Waals surface area contributed by atoms with Gasteiger partial charge in [0.2, 0.25) is 0 Å². The normalized spacial score (nSPS) is 22.6. The summed E-state index contributed by atoms with van der Waals surface area (Å²) in [5.41, 5.74) is 6.15. The molecule has 1 heterocycles. The summed E-state index contributed by atoms with van der Waals surface area (Å²) in [6, 6.07) is 7.75. The Balaban J connectivity index is 2.08. The molecule has 3 heteroatoms.